The minimum Gasteiger partial charge on any atom is -0.486 e. The van der Waals surface area contributed by atoms with Crippen molar-refractivity contribution < 1.29 is 13.6 Å². The standard InChI is InChI=1S/C26H17NO4S/c1-15-25(22-12-16-6-2-4-8-20(16)31-22)26(28)18-11-10-17(13-21(18)30-15)29-14-24-27-19-7-3-5-9-23(19)32-24/h2-13H,14H2,1H3. The molecule has 0 aliphatic rings. The summed E-state index contributed by atoms with van der Waals surface area (Å²) in [5.74, 6) is 1.64. The summed E-state index contributed by atoms with van der Waals surface area (Å²) in [6.45, 7) is 2.13. The van der Waals surface area contributed by atoms with Crippen LogP contribution in [0.4, 0.5) is 0 Å². The number of hydrogen-bond acceptors (Lipinski definition) is 6. The van der Waals surface area contributed by atoms with Gasteiger partial charge in [0.2, 0.25) is 5.43 Å². The van der Waals surface area contributed by atoms with Crippen LogP contribution >= 0.6 is 11.3 Å². The molecule has 0 atom stereocenters. The summed E-state index contributed by atoms with van der Waals surface area (Å²) in [5, 5.41) is 2.32. The lowest BCUT2D eigenvalue weighted by Gasteiger charge is -2.07. The van der Waals surface area contributed by atoms with Gasteiger partial charge in [0, 0.05) is 11.5 Å². The van der Waals surface area contributed by atoms with Crippen molar-refractivity contribution in [2.24, 2.45) is 0 Å². The second-order valence-corrected chi connectivity index (χ2v) is 8.65. The van der Waals surface area contributed by atoms with Crippen LogP contribution in [0.2, 0.25) is 0 Å². The third-order valence-corrected chi connectivity index (χ3v) is 6.42. The molecular formula is C26H17NO4S. The van der Waals surface area contributed by atoms with Crippen LogP contribution in [0.3, 0.4) is 0 Å². The van der Waals surface area contributed by atoms with Gasteiger partial charge >= 0.3 is 0 Å². The van der Waals surface area contributed by atoms with Crippen molar-refractivity contribution in [1.82, 2.24) is 4.98 Å². The monoisotopic (exact) mass is 439 g/mol. The van der Waals surface area contributed by atoms with E-state index < -0.39 is 0 Å². The summed E-state index contributed by atoms with van der Waals surface area (Å²) in [6.07, 6.45) is 0. The number of para-hydroxylation sites is 2. The van der Waals surface area contributed by atoms with Crippen molar-refractivity contribution in [2.45, 2.75) is 13.5 Å². The first-order valence-corrected chi connectivity index (χ1v) is 11.0. The van der Waals surface area contributed by atoms with Crippen molar-refractivity contribution >= 4 is 43.5 Å². The van der Waals surface area contributed by atoms with Gasteiger partial charge in [-0.05, 0) is 43.3 Å². The molecule has 3 heterocycles. The molecule has 0 spiro atoms. The van der Waals surface area contributed by atoms with E-state index in [0.717, 1.165) is 26.2 Å². The number of rotatable bonds is 4. The second kappa shape index (κ2) is 7.35. The Morgan fingerprint density at radius 2 is 1.78 bits per heavy atom. The lowest BCUT2D eigenvalue weighted by molar-refractivity contribution is 0.306. The number of hydrogen-bond donors (Lipinski definition) is 0. The van der Waals surface area contributed by atoms with Crippen LogP contribution in [0, 0.1) is 6.92 Å². The molecule has 156 valence electrons. The molecule has 0 unspecified atom stereocenters. The molecular weight excluding hydrogens is 422 g/mol. The third kappa shape index (κ3) is 3.16. The second-order valence-electron chi connectivity index (χ2n) is 7.53. The Kier molecular flexibility index (Phi) is 4.33. The van der Waals surface area contributed by atoms with Crippen LogP contribution in [0.1, 0.15) is 10.8 Å². The van der Waals surface area contributed by atoms with E-state index in [9.17, 15) is 4.79 Å². The van der Waals surface area contributed by atoms with Crippen LogP contribution in [0.15, 0.2) is 86.4 Å². The average Bonchev–Trinajstić information content (AvgIpc) is 3.41. The van der Waals surface area contributed by atoms with Gasteiger partial charge in [-0.2, -0.15) is 0 Å². The molecule has 3 aromatic carbocycles. The summed E-state index contributed by atoms with van der Waals surface area (Å²) in [6, 6.07) is 22.8. The van der Waals surface area contributed by atoms with Crippen LogP contribution in [0.5, 0.6) is 5.75 Å². The van der Waals surface area contributed by atoms with Crippen molar-refractivity contribution in [3.63, 3.8) is 0 Å². The molecule has 5 nitrogen and oxygen atoms in total. The molecule has 0 aliphatic carbocycles. The normalized spacial score (nSPS) is 11.5. The molecule has 6 heteroatoms. The Bertz CT molecular complexity index is 1610. The quantitative estimate of drug-likeness (QED) is 0.306. The zero-order valence-corrected chi connectivity index (χ0v) is 17.9. The molecule has 0 bridgehead atoms. The van der Waals surface area contributed by atoms with Crippen molar-refractivity contribution in [2.75, 3.05) is 0 Å². The van der Waals surface area contributed by atoms with Crippen molar-refractivity contribution in [1.29, 1.82) is 0 Å². The van der Waals surface area contributed by atoms with E-state index in [4.69, 9.17) is 13.6 Å². The van der Waals surface area contributed by atoms with Crippen molar-refractivity contribution in [3.05, 3.63) is 93.8 Å². The first-order valence-electron chi connectivity index (χ1n) is 10.2. The van der Waals surface area contributed by atoms with Crippen LogP contribution in [-0.4, -0.2) is 4.98 Å². The number of fused-ring (bicyclic) bond motifs is 3. The SMILES string of the molecule is Cc1oc2cc(OCc3nc4ccccc4s3)ccc2c(=O)c1-c1cc2ccccc2o1. The highest BCUT2D eigenvalue weighted by Gasteiger charge is 2.18. The Balaban J connectivity index is 1.34. The highest BCUT2D eigenvalue weighted by atomic mass is 32.1. The Morgan fingerprint density at radius 3 is 2.66 bits per heavy atom. The number of ether oxygens (including phenoxy) is 1. The van der Waals surface area contributed by atoms with Gasteiger partial charge in [-0.15, -0.1) is 11.3 Å². The summed E-state index contributed by atoms with van der Waals surface area (Å²) in [5.41, 5.74) is 2.50. The van der Waals surface area contributed by atoms with Gasteiger partial charge < -0.3 is 13.6 Å². The van der Waals surface area contributed by atoms with E-state index in [1.54, 1.807) is 36.5 Å². The van der Waals surface area contributed by atoms with Crippen LogP contribution in [0.25, 0.3) is 43.5 Å². The summed E-state index contributed by atoms with van der Waals surface area (Å²) < 4.78 is 19.0. The molecule has 0 fully saturated rings. The minimum atomic E-state index is -0.125. The van der Waals surface area contributed by atoms with Gasteiger partial charge in [0.05, 0.1) is 15.6 Å². The van der Waals surface area contributed by atoms with Crippen molar-refractivity contribution in [3.8, 4) is 17.1 Å². The molecule has 0 aliphatic heterocycles. The molecule has 3 aromatic heterocycles. The highest BCUT2D eigenvalue weighted by molar-refractivity contribution is 7.18. The van der Waals surface area contributed by atoms with Gasteiger partial charge in [-0.25, -0.2) is 4.98 Å². The lowest BCUT2D eigenvalue weighted by atomic mass is 10.1. The molecule has 6 rings (SSSR count). The average molecular weight is 439 g/mol. The van der Waals surface area contributed by atoms with Gasteiger partial charge in [0.1, 0.15) is 45.6 Å². The molecule has 6 aromatic rings. The lowest BCUT2D eigenvalue weighted by Crippen LogP contribution is -2.07. The Hall–Kier alpha value is -3.90. The topological polar surface area (TPSA) is 65.5 Å². The minimum absolute atomic E-state index is 0.125. The molecule has 0 amide bonds. The van der Waals surface area contributed by atoms with Gasteiger partial charge in [-0.3, -0.25) is 4.79 Å². The largest absolute Gasteiger partial charge is 0.486 e. The van der Waals surface area contributed by atoms with Gasteiger partial charge in [-0.1, -0.05) is 30.3 Å². The number of thiazole rings is 1. The van der Waals surface area contributed by atoms with E-state index in [-0.39, 0.29) is 5.43 Å². The number of benzene rings is 3. The molecule has 32 heavy (non-hydrogen) atoms. The maximum Gasteiger partial charge on any atom is 0.203 e. The Labute approximate surface area is 186 Å². The van der Waals surface area contributed by atoms with Crippen LogP contribution in [-0.2, 0) is 6.61 Å². The highest BCUT2D eigenvalue weighted by Crippen LogP contribution is 2.31. The van der Waals surface area contributed by atoms with Crippen LogP contribution < -0.4 is 10.2 Å². The van der Waals surface area contributed by atoms with E-state index >= 15 is 0 Å². The number of nitrogens with zero attached hydrogens (tertiary/aromatic N) is 1. The van der Waals surface area contributed by atoms with Gasteiger partial charge in [0.15, 0.2) is 0 Å². The molecule has 0 N–H and O–H groups in total. The van der Waals surface area contributed by atoms with E-state index in [2.05, 4.69) is 4.98 Å². The predicted octanol–water partition coefficient (Wildman–Crippen LogP) is 6.70. The number of aryl methyl sites for hydroxylation is 1. The van der Waals surface area contributed by atoms with E-state index in [1.165, 1.54) is 0 Å². The summed E-state index contributed by atoms with van der Waals surface area (Å²) >= 11 is 1.61. The van der Waals surface area contributed by atoms with Gasteiger partial charge in [0.25, 0.3) is 0 Å². The fourth-order valence-electron chi connectivity index (χ4n) is 3.89. The Morgan fingerprint density at radius 1 is 0.938 bits per heavy atom. The first kappa shape index (κ1) is 18.8. The molecule has 0 saturated carbocycles. The fraction of sp³-hybridized carbons (Fsp3) is 0.0769. The van der Waals surface area contributed by atoms with E-state index in [0.29, 0.717) is 40.4 Å². The summed E-state index contributed by atoms with van der Waals surface area (Å²) in [4.78, 5) is 17.8. The maximum atomic E-state index is 13.2. The zero-order valence-electron chi connectivity index (χ0n) is 17.1. The number of aromatic nitrogens is 1. The summed E-state index contributed by atoms with van der Waals surface area (Å²) in [7, 11) is 0. The smallest absolute Gasteiger partial charge is 0.203 e. The first-order chi connectivity index (χ1) is 15.7. The number of furan rings is 1. The molecule has 0 saturated heterocycles. The third-order valence-electron chi connectivity index (χ3n) is 5.41. The zero-order chi connectivity index (χ0) is 21.7. The fourth-order valence-corrected chi connectivity index (χ4v) is 4.77. The maximum absolute atomic E-state index is 13.2. The molecule has 0 radical (unpaired) electrons. The predicted molar refractivity (Wildman–Crippen MR) is 126 cm³/mol. The van der Waals surface area contributed by atoms with E-state index in [1.807, 2.05) is 54.6 Å².